The van der Waals surface area contributed by atoms with Gasteiger partial charge in [-0.3, -0.25) is 4.90 Å². The van der Waals surface area contributed by atoms with Crippen LogP contribution in [0, 0.1) is 0 Å². The zero-order valence-corrected chi connectivity index (χ0v) is 47.4. The van der Waals surface area contributed by atoms with Crippen LogP contribution in [0.4, 0.5) is 4.79 Å². The van der Waals surface area contributed by atoms with Gasteiger partial charge in [0.1, 0.15) is 61.5 Å². The van der Waals surface area contributed by atoms with E-state index < -0.39 is 85.1 Å². The van der Waals surface area contributed by atoms with E-state index in [9.17, 15) is 0 Å². The summed E-state index contributed by atoms with van der Waals surface area (Å²) < 4.78 is 83.2. The molecule has 0 spiro atoms. The van der Waals surface area contributed by atoms with Crippen LogP contribution in [-0.2, 0) is 89.8 Å². The molecular weight excluding hydrogens is 1050 g/mol. The number of ether oxygens (including phenoxy) is 12. The van der Waals surface area contributed by atoms with Crippen molar-refractivity contribution in [2.45, 2.75) is 146 Å². The molecule has 0 aromatic heterocycles. The Labute approximate surface area is 486 Å². The van der Waals surface area contributed by atoms with Crippen LogP contribution in [0.2, 0.25) is 0 Å². The molecule has 7 aromatic carbocycles. The first-order chi connectivity index (χ1) is 40.5. The van der Waals surface area contributed by atoms with Crippen molar-refractivity contribution >= 4 is 6.09 Å². The predicted octanol–water partition coefficient (Wildman–Crippen LogP) is 11.9. The van der Waals surface area contributed by atoms with Crippen molar-refractivity contribution in [2.24, 2.45) is 0 Å². The third kappa shape index (κ3) is 13.3. The molecule has 0 N–H and O–H groups in total. The number of nitrogens with zero attached hydrogens (tertiary/aromatic N) is 1. The molecule has 4 saturated heterocycles. The summed E-state index contributed by atoms with van der Waals surface area (Å²) in [6.07, 6.45) is -9.06. The highest BCUT2D eigenvalue weighted by atomic mass is 16.9. The van der Waals surface area contributed by atoms with Crippen LogP contribution in [-0.4, -0.2) is 110 Å². The molecule has 4 heterocycles. The smallest absolute Gasteiger partial charge is 0.410 e. The van der Waals surface area contributed by atoms with E-state index in [2.05, 4.69) is 24.3 Å². The zero-order chi connectivity index (χ0) is 56.8. The Morgan fingerprint density at radius 3 is 1.46 bits per heavy atom. The third-order valence-corrected chi connectivity index (χ3v) is 16.0. The third-order valence-electron chi connectivity index (χ3n) is 16.0. The molecule has 4 fully saturated rings. The quantitative estimate of drug-likeness (QED) is 0.0677. The van der Waals surface area contributed by atoms with E-state index in [1.165, 1.54) is 0 Å². The van der Waals surface area contributed by atoms with Crippen molar-refractivity contribution in [3.05, 3.63) is 239 Å². The second-order valence-corrected chi connectivity index (χ2v) is 22.8. The fourth-order valence-electron chi connectivity index (χ4n) is 12.2. The maximum absolute atomic E-state index is 16.1. The van der Waals surface area contributed by atoms with Gasteiger partial charge in [-0.25, -0.2) is 4.79 Å². The first-order valence-corrected chi connectivity index (χ1v) is 28.9. The van der Waals surface area contributed by atoms with Gasteiger partial charge in [-0.2, -0.15) is 0 Å². The molecule has 14 nitrogen and oxygen atoms in total. The van der Waals surface area contributed by atoms with E-state index in [1.54, 1.807) is 4.90 Å². The van der Waals surface area contributed by atoms with E-state index in [4.69, 9.17) is 56.8 Å². The summed E-state index contributed by atoms with van der Waals surface area (Å²) in [5.74, 6) is -2.17. The topological polar surface area (TPSA) is 131 Å². The van der Waals surface area contributed by atoms with Crippen LogP contribution in [0.1, 0.15) is 72.6 Å². The highest BCUT2D eigenvalue weighted by molar-refractivity contribution is 5.79. The lowest BCUT2D eigenvalue weighted by molar-refractivity contribution is -0.273. The highest BCUT2D eigenvalue weighted by Crippen LogP contribution is 2.47. The number of rotatable bonds is 21. The number of hydrogen-bond donors (Lipinski definition) is 0. The van der Waals surface area contributed by atoms with Gasteiger partial charge in [-0.05, 0) is 77.8 Å². The van der Waals surface area contributed by atoms with Crippen LogP contribution in [0.5, 0.6) is 0 Å². The maximum atomic E-state index is 16.1. The number of carbonyl (C=O) groups excluding carboxylic acids is 1. The second kappa shape index (κ2) is 25.7. The van der Waals surface area contributed by atoms with E-state index in [-0.39, 0.29) is 58.7 Å². The molecule has 83 heavy (non-hydrogen) atoms. The molecule has 0 unspecified atom stereocenters. The highest BCUT2D eigenvalue weighted by Gasteiger charge is 2.61. The maximum Gasteiger partial charge on any atom is 0.410 e. The minimum atomic E-state index is -1.30. The average molecular weight is 1120 g/mol. The van der Waals surface area contributed by atoms with E-state index >= 15 is 4.79 Å². The normalized spacial score (nSPS) is 26.7. The van der Waals surface area contributed by atoms with Gasteiger partial charge >= 0.3 is 6.09 Å². The summed E-state index contributed by atoms with van der Waals surface area (Å²) in [7, 11) is 0. The molecule has 5 aliphatic rings. The van der Waals surface area contributed by atoms with E-state index in [0.717, 1.165) is 50.1 Å². The molecule has 0 saturated carbocycles. The van der Waals surface area contributed by atoms with Crippen molar-refractivity contribution in [3.8, 4) is 11.1 Å². The van der Waals surface area contributed by atoms with Crippen LogP contribution >= 0.6 is 0 Å². The summed E-state index contributed by atoms with van der Waals surface area (Å²) in [6.45, 7) is 8.23. The minimum absolute atomic E-state index is 0.0287. The first-order valence-electron chi connectivity index (χ1n) is 28.9. The lowest BCUT2D eigenvalue weighted by atomic mass is 9.96. The molecule has 14 heteroatoms. The van der Waals surface area contributed by atoms with Crippen molar-refractivity contribution in [2.75, 3.05) is 19.8 Å². The van der Waals surface area contributed by atoms with Crippen molar-refractivity contribution < 1.29 is 61.6 Å². The number of benzene rings is 7. The summed E-state index contributed by atoms with van der Waals surface area (Å²) >= 11 is 0. The van der Waals surface area contributed by atoms with Gasteiger partial charge in [-0.15, -0.1) is 0 Å². The lowest BCUT2D eigenvalue weighted by Crippen LogP contribution is -2.60. The molecule has 1 amide bonds. The van der Waals surface area contributed by atoms with Gasteiger partial charge < -0.3 is 56.8 Å². The number of fused-ring (bicyclic) bond motifs is 6. The molecule has 1 aliphatic carbocycles. The Kier molecular flexibility index (Phi) is 17.6. The van der Waals surface area contributed by atoms with E-state index in [1.807, 2.05) is 204 Å². The Bertz CT molecular complexity index is 3140. The number of hydrogen-bond acceptors (Lipinski definition) is 13. The van der Waals surface area contributed by atoms with Gasteiger partial charge in [0.25, 0.3) is 0 Å². The Balaban J connectivity index is 0.990. The summed E-state index contributed by atoms with van der Waals surface area (Å²) in [4.78, 5) is 17.7. The van der Waals surface area contributed by atoms with Gasteiger partial charge in [0.2, 0.25) is 0 Å². The molecule has 4 aliphatic heterocycles. The Hall–Kier alpha value is -6.63. The van der Waals surface area contributed by atoms with Crippen LogP contribution in [0.3, 0.4) is 0 Å². The minimum Gasteiger partial charge on any atom is -0.448 e. The van der Waals surface area contributed by atoms with E-state index in [0.29, 0.717) is 0 Å². The standard InChI is InChI=1S/C69H73NO13/c1-68(2)80-60-57(79-66-64(63(60)81-68)82-69(3,4)83-66)45-76-65-58(70(38-46-24-10-5-11-25-46)67(71)77-43-55-53-36-22-20-34-51(53)52-35-21-23-37-54(52)55)61(74-41-49-30-16-8-17-31-49)62(75-42-50-32-18-9-19-33-50)59(73-40-48-28-14-7-15-29-48)56(78-65)44-72-39-47-26-12-6-13-27-47/h5-37,55-66H,38-45H2,1-4H3/t56-,57-,58+,59-,60+,61+,62+,63+,64-,65+,66-/m1/s1. The van der Waals surface area contributed by atoms with Gasteiger partial charge in [0, 0.05) is 12.5 Å². The summed E-state index contributed by atoms with van der Waals surface area (Å²) in [6, 6.07) is 65.2. The molecule has 432 valence electrons. The van der Waals surface area contributed by atoms with Crippen molar-refractivity contribution in [1.82, 2.24) is 4.90 Å². The molecule has 7 aromatic rings. The second-order valence-electron chi connectivity index (χ2n) is 22.8. The summed E-state index contributed by atoms with van der Waals surface area (Å²) in [5.41, 5.74) is 8.95. The van der Waals surface area contributed by atoms with Crippen LogP contribution in [0.15, 0.2) is 200 Å². The summed E-state index contributed by atoms with van der Waals surface area (Å²) in [5, 5.41) is 0. The van der Waals surface area contributed by atoms with Gasteiger partial charge in [0.05, 0.1) is 39.6 Å². The number of carbonyl (C=O) groups is 1. The zero-order valence-electron chi connectivity index (χ0n) is 47.4. The van der Waals surface area contributed by atoms with Crippen LogP contribution in [0.25, 0.3) is 11.1 Å². The van der Waals surface area contributed by atoms with Crippen molar-refractivity contribution in [3.63, 3.8) is 0 Å². The fraction of sp³-hybridized carbons (Fsp3) is 0.377. The first kappa shape index (κ1) is 56.8. The monoisotopic (exact) mass is 1120 g/mol. The predicted molar refractivity (Wildman–Crippen MR) is 309 cm³/mol. The molecule has 12 rings (SSSR count). The molecule has 11 atom stereocenters. The SMILES string of the molecule is CC1(C)O[C@H]2[C@@H](O1)[C@@H](CO[C@H]1O[C@H](COCc3ccccc3)[C@@H](OCc3ccccc3)[C@H](OCc3ccccc3)[C@@H](OCc3ccccc3)[C@@H]1N(Cc1ccccc1)C(=O)OCC1c3ccccc3-c3ccccc31)O[C@@H]1OC(C)(C)O[C@@H]12. The Morgan fingerprint density at radius 1 is 0.434 bits per heavy atom. The van der Waals surface area contributed by atoms with Gasteiger partial charge in [-0.1, -0.05) is 200 Å². The number of amides is 1. The molecular formula is C69H73NO13. The molecule has 0 bridgehead atoms. The lowest BCUT2D eigenvalue weighted by Gasteiger charge is -2.42. The molecule has 0 radical (unpaired) electrons. The van der Waals surface area contributed by atoms with Crippen molar-refractivity contribution in [1.29, 1.82) is 0 Å². The van der Waals surface area contributed by atoms with Crippen LogP contribution < -0.4 is 0 Å². The fourth-order valence-corrected chi connectivity index (χ4v) is 12.2. The average Bonchev–Trinajstić information content (AvgIpc) is 4.23. The largest absolute Gasteiger partial charge is 0.448 e. The van der Waals surface area contributed by atoms with Gasteiger partial charge in [0.15, 0.2) is 24.2 Å². The Morgan fingerprint density at radius 2 is 0.892 bits per heavy atom.